The van der Waals surface area contributed by atoms with Gasteiger partial charge in [-0.2, -0.15) is 0 Å². The molecule has 7 nitrogen and oxygen atoms in total. The summed E-state index contributed by atoms with van der Waals surface area (Å²) < 4.78 is 0. The van der Waals surface area contributed by atoms with Gasteiger partial charge in [0.1, 0.15) is 5.69 Å². The summed E-state index contributed by atoms with van der Waals surface area (Å²) in [7, 11) is 0. The molecule has 1 fully saturated rings. The summed E-state index contributed by atoms with van der Waals surface area (Å²) in [6.07, 6.45) is 0. The molecule has 1 saturated heterocycles. The number of thiazole rings is 1. The molecule has 0 radical (unpaired) electrons. The van der Waals surface area contributed by atoms with Crippen molar-refractivity contribution in [3.8, 4) is 22.5 Å². The van der Waals surface area contributed by atoms with Gasteiger partial charge in [0.2, 0.25) is 5.91 Å². The number of nitrogens with zero attached hydrogens (tertiary/aromatic N) is 5. The number of halogens is 1. The zero-order valence-corrected chi connectivity index (χ0v) is 22.1. The summed E-state index contributed by atoms with van der Waals surface area (Å²) >= 11 is 7.39. The van der Waals surface area contributed by atoms with Gasteiger partial charge < -0.3 is 10.2 Å². The molecule has 1 aliphatic rings. The normalized spacial score (nSPS) is 14.1. The highest BCUT2D eigenvalue weighted by atomic mass is 35.5. The highest BCUT2D eigenvalue weighted by Gasteiger charge is 2.23. The fraction of sp³-hybridized carbons (Fsp3) is 0.172. The second kappa shape index (κ2) is 10.9. The summed E-state index contributed by atoms with van der Waals surface area (Å²) in [5.41, 5.74) is 3.73. The topological polar surface area (TPSA) is 74.2 Å². The number of anilines is 2. The molecule has 9 heteroatoms. The minimum Gasteiger partial charge on any atom is -0.352 e. The Morgan fingerprint density at radius 1 is 0.842 bits per heavy atom. The van der Waals surface area contributed by atoms with Crippen LogP contribution in [-0.2, 0) is 4.79 Å². The van der Waals surface area contributed by atoms with E-state index in [4.69, 9.17) is 11.6 Å². The summed E-state index contributed by atoms with van der Waals surface area (Å²) in [6.45, 7) is 3.39. The fourth-order valence-corrected chi connectivity index (χ4v) is 5.56. The van der Waals surface area contributed by atoms with Gasteiger partial charge in [0.25, 0.3) is 0 Å². The largest absolute Gasteiger partial charge is 0.352 e. The molecule has 1 N–H and O–H groups in total. The van der Waals surface area contributed by atoms with Crippen molar-refractivity contribution < 1.29 is 4.79 Å². The van der Waals surface area contributed by atoms with Crippen molar-refractivity contribution in [3.63, 3.8) is 0 Å². The first-order chi connectivity index (χ1) is 18.6. The number of hydrogen-bond donors (Lipinski definition) is 1. The molecule has 0 bridgehead atoms. The van der Waals surface area contributed by atoms with Gasteiger partial charge in [-0.25, -0.2) is 4.98 Å². The number of amides is 1. The molecule has 6 rings (SSSR count). The maximum absolute atomic E-state index is 12.7. The van der Waals surface area contributed by atoms with Crippen molar-refractivity contribution >= 4 is 50.6 Å². The summed E-state index contributed by atoms with van der Waals surface area (Å²) in [4.78, 5) is 21.7. The Kier molecular flexibility index (Phi) is 7.00. The van der Waals surface area contributed by atoms with E-state index < -0.39 is 0 Å². The third kappa shape index (κ3) is 5.24. The molecule has 3 aromatic carbocycles. The number of carbonyl (C=O) groups excluding carboxylic acids is 1. The lowest BCUT2D eigenvalue weighted by Crippen LogP contribution is -2.49. The van der Waals surface area contributed by atoms with Crippen molar-refractivity contribution in [2.24, 2.45) is 0 Å². The van der Waals surface area contributed by atoms with Crippen LogP contribution in [0.15, 0.2) is 84.2 Å². The zero-order valence-electron chi connectivity index (χ0n) is 20.5. The molecule has 0 atom stereocenters. The Hall–Kier alpha value is -3.85. The second-order valence-electron chi connectivity index (χ2n) is 9.14. The van der Waals surface area contributed by atoms with Crippen LogP contribution in [0.2, 0.25) is 5.02 Å². The predicted octanol–water partition coefficient (Wildman–Crippen LogP) is 5.83. The molecule has 3 heterocycles. The molecule has 5 aromatic rings. The van der Waals surface area contributed by atoms with E-state index in [2.05, 4.69) is 54.6 Å². The van der Waals surface area contributed by atoms with Gasteiger partial charge in [-0.15, -0.1) is 21.5 Å². The molecule has 0 spiro atoms. The Morgan fingerprint density at radius 3 is 2.32 bits per heavy atom. The van der Waals surface area contributed by atoms with E-state index in [1.165, 1.54) is 11.3 Å². The van der Waals surface area contributed by atoms with E-state index in [9.17, 15) is 4.79 Å². The third-order valence-corrected chi connectivity index (χ3v) is 7.65. The number of piperazine rings is 1. The number of fused-ring (bicyclic) bond motifs is 1. The molecular formula is C29H25ClN6OS. The van der Waals surface area contributed by atoms with Crippen LogP contribution in [-0.4, -0.2) is 58.7 Å². The lowest BCUT2D eigenvalue weighted by molar-refractivity contribution is -0.117. The van der Waals surface area contributed by atoms with Gasteiger partial charge in [0, 0.05) is 58.5 Å². The minimum absolute atomic E-state index is 0.0621. The van der Waals surface area contributed by atoms with Crippen molar-refractivity contribution in [2.45, 2.75) is 0 Å². The molecule has 2 aromatic heterocycles. The second-order valence-corrected chi connectivity index (χ2v) is 10.4. The standard InChI is InChI=1S/C29H25ClN6OS/c30-22-12-10-20(11-13-22)25-19-38-29(31-25)32-26(37)18-35-14-16-36(17-15-35)28-24-9-5-4-8-23(24)27(33-34-28)21-6-2-1-3-7-21/h1-13,19H,14-18H2,(H,31,32,37). The first-order valence-corrected chi connectivity index (χ1v) is 13.7. The smallest absolute Gasteiger partial charge is 0.240 e. The van der Waals surface area contributed by atoms with Crippen LogP contribution < -0.4 is 10.2 Å². The van der Waals surface area contributed by atoms with E-state index in [1.54, 1.807) is 0 Å². The van der Waals surface area contributed by atoms with E-state index in [-0.39, 0.29) is 5.91 Å². The van der Waals surface area contributed by atoms with Crippen molar-refractivity contribution in [1.29, 1.82) is 0 Å². The van der Waals surface area contributed by atoms with E-state index in [1.807, 2.05) is 60.0 Å². The van der Waals surface area contributed by atoms with Gasteiger partial charge in [-0.1, -0.05) is 78.3 Å². The van der Waals surface area contributed by atoms with Crippen molar-refractivity contribution in [3.05, 3.63) is 89.3 Å². The van der Waals surface area contributed by atoms with Gasteiger partial charge in [-0.05, 0) is 12.1 Å². The maximum atomic E-state index is 12.7. The van der Waals surface area contributed by atoms with Crippen molar-refractivity contribution in [1.82, 2.24) is 20.1 Å². The van der Waals surface area contributed by atoms with Crippen LogP contribution in [0.5, 0.6) is 0 Å². The van der Waals surface area contributed by atoms with Gasteiger partial charge in [0.15, 0.2) is 10.9 Å². The van der Waals surface area contributed by atoms with Crippen LogP contribution in [0.3, 0.4) is 0 Å². The average Bonchev–Trinajstić information content (AvgIpc) is 3.42. The zero-order chi connectivity index (χ0) is 25.9. The maximum Gasteiger partial charge on any atom is 0.240 e. The number of carbonyl (C=O) groups is 1. The number of nitrogens with one attached hydrogen (secondary N) is 1. The quantitative estimate of drug-likeness (QED) is 0.292. The average molecular weight is 541 g/mol. The minimum atomic E-state index is -0.0621. The van der Waals surface area contributed by atoms with Crippen LogP contribution in [0.25, 0.3) is 33.3 Å². The van der Waals surface area contributed by atoms with Crippen molar-refractivity contribution in [2.75, 3.05) is 42.9 Å². The molecule has 0 saturated carbocycles. The monoisotopic (exact) mass is 540 g/mol. The Balaban J connectivity index is 1.09. The van der Waals surface area contributed by atoms with Crippen LogP contribution in [0.1, 0.15) is 0 Å². The van der Waals surface area contributed by atoms with Crippen LogP contribution >= 0.6 is 22.9 Å². The molecular weight excluding hydrogens is 516 g/mol. The first-order valence-electron chi connectivity index (χ1n) is 12.4. The van der Waals surface area contributed by atoms with E-state index >= 15 is 0 Å². The summed E-state index contributed by atoms with van der Waals surface area (Å²) in [6, 6.07) is 26.0. The van der Waals surface area contributed by atoms with E-state index in [0.717, 1.165) is 65.3 Å². The Labute approximate surface area is 229 Å². The first kappa shape index (κ1) is 24.5. The Bertz CT molecular complexity index is 1570. The molecule has 190 valence electrons. The number of benzene rings is 3. The van der Waals surface area contributed by atoms with Gasteiger partial charge in [0.05, 0.1) is 12.2 Å². The van der Waals surface area contributed by atoms with Crippen LogP contribution in [0, 0.1) is 0 Å². The molecule has 1 aliphatic heterocycles. The van der Waals surface area contributed by atoms with Gasteiger partial charge >= 0.3 is 0 Å². The number of hydrogen-bond acceptors (Lipinski definition) is 7. The summed E-state index contributed by atoms with van der Waals surface area (Å²) in [5.74, 6) is 0.829. The SMILES string of the molecule is O=C(CN1CCN(c2nnc(-c3ccccc3)c3ccccc23)CC1)Nc1nc(-c2ccc(Cl)cc2)cs1. The predicted molar refractivity (Wildman–Crippen MR) is 155 cm³/mol. The highest BCUT2D eigenvalue weighted by Crippen LogP contribution is 2.32. The molecule has 0 aliphatic carbocycles. The van der Waals surface area contributed by atoms with E-state index in [0.29, 0.717) is 16.7 Å². The lowest BCUT2D eigenvalue weighted by Gasteiger charge is -2.35. The van der Waals surface area contributed by atoms with Crippen LogP contribution in [0.4, 0.5) is 10.9 Å². The Morgan fingerprint density at radius 2 is 1.55 bits per heavy atom. The third-order valence-electron chi connectivity index (χ3n) is 6.64. The molecule has 38 heavy (non-hydrogen) atoms. The highest BCUT2D eigenvalue weighted by molar-refractivity contribution is 7.14. The molecule has 0 unspecified atom stereocenters. The number of rotatable bonds is 6. The lowest BCUT2D eigenvalue weighted by atomic mass is 10.0. The fourth-order valence-electron chi connectivity index (χ4n) is 4.70. The summed E-state index contributed by atoms with van der Waals surface area (Å²) in [5, 5.41) is 17.6. The van der Waals surface area contributed by atoms with Gasteiger partial charge in [-0.3, -0.25) is 9.69 Å². The molecule has 1 amide bonds. The number of aromatic nitrogens is 3.